The van der Waals surface area contributed by atoms with Crippen LogP contribution < -0.4 is 11.1 Å². The van der Waals surface area contributed by atoms with Gasteiger partial charge in [0.2, 0.25) is 5.91 Å². The molecule has 0 radical (unpaired) electrons. The quantitative estimate of drug-likeness (QED) is 0.883. The van der Waals surface area contributed by atoms with Crippen molar-refractivity contribution < 1.29 is 9.59 Å². The Kier molecular flexibility index (Phi) is 3.98. The number of benzene rings is 1. The molecule has 0 spiro atoms. The first-order valence-electron chi connectivity index (χ1n) is 6.44. The van der Waals surface area contributed by atoms with Gasteiger partial charge in [0.1, 0.15) is 6.04 Å². The van der Waals surface area contributed by atoms with E-state index < -0.39 is 11.9 Å². The van der Waals surface area contributed by atoms with E-state index in [-0.39, 0.29) is 11.8 Å². The summed E-state index contributed by atoms with van der Waals surface area (Å²) in [7, 11) is 0. The molecular weight excluding hydrogens is 254 g/mol. The predicted molar refractivity (Wildman–Crippen MR) is 77.0 cm³/mol. The monoisotopic (exact) mass is 271 g/mol. The molecule has 1 heterocycles. The standard InChI is InChI=1S/C15H17N3O2/c1-9(2)12(14(16)19)18-15(20)11-7-3-5-10-6-4-8-17-13(10)11/h3-9,12H,1-2H3,(H2,16,19)(H,18,20)/t12-/m1/s1. The molecule has 0 aliphatic carbocycles. The molecule has 0 unspecified atom stereocenters. The molecular formula is C15H17N3O2. The molecule has 0 saturated heterocycles. The summed E-state index contributed by atoms with van der Waals surface area (Å²) in [5.41, 5.74) is 6.36. The van der Waals surface area contributed by atoms with Gasteiger partial charge in [-0.3, -0.25) is 14.6 Å². The average Bonchev–Trinajstić information content (AvgIpc) is 2.43. The molecule has 0 saturated carbocycles. The molecule has 3 N–H and O–H groups in total. The lowest BCUT2D eigenvalue weighted by molar-refractivity contribution is -0.120. The van der Waals surface area contributed by atoms with Crippen LogP contribution in [0.1, 0.15) is 24.2 Å². The number of nitrogens with two attached hydrogens (primary N) is 1. The van der Waals surface area contributed by atoms with Crippen molar-refractivity contribution in [2.45, 2.75) is 19.9 Å². The summed E-state index contributed by atoms with van der Waals surface area (Å²) in [6.07, 6.45) is 1.63. The first kappa shape index (κ1) is 14.0. The fraction of sp³-hybridized carbons (Fsp3) is 0.267. The van der Waals surface area contributed by atoms with E-state index in [2.05, 4.69) is 10.3 Å². The Balaban J connectivity index is 2.34. The van der Waals surface area contributed by atoms with Crippen molar-refractivity contribution in [3.05, 3.63) is 42.1 Å². The maximum absolute atomic E-state index is 12.3. The van der Waals surface area contributed by atoms with E-state index in [0.29, 0.717) is 11.1 Å². The summed E-state index contributed by atoms with van der Waals surface area (Å²) >= 11 is 0. The molecule has 0 bridgehead atoms. The molecule has 0 aliphatic heterocycles. The molecule has 1 aromatic carbocycles. The highest BCUT2D eigenvalue weighted by molar-refractivity contribution is 6.06. The third kappa shape index (κ3) is 2.77. The van der Waals surface area contributed by atoms with E-state index in [9.17, 15) is 9.59 Å². The summed E-state index contributed by atoms with van der Waals surface area (Å²) in [6, 6.07) is 8.35. The lowest BCUT2D eigenvalue weighted by Gasteiger charge is -2.19. The predicted octanol–water partition coefficient (Wildman–Crippen LogP) is 1.47. The highest BCUT2D eigenvalue weighted by Crippen LogP contribution is 2.16. The van der Waals surface area contributed by atoms with Gasteiger partial charge in [-0.25, -0.2) is 0 Å². The Morgan fingerprint density at radius 2 is 1.90 bits per heavy atom. The van der Waals surface area contributed by atoms with Crippen molar-refractivity contribution in [1.29, 1.82) is 0 Å². The van der Waals surface area contributed by atoms with E-state index in [1.807, 2.05) is 32.0 Å². The fourth-order valence-corrected chi connectivity index (χ4v) is 2.07. The number of pyridine rings is 1. The van der Waals surface area contributed by atoms with E-state index in [4.69, 9.17) is 5.73 Å². The number of hydrogen-bond acceptors (Lipinski definition) is 3. The number of rotatable bonds is 4. The molecule has 2 amide bonds. The number of carbonyl (C=O) groups is 2. The average molecular weight is 271 g/mol. The van der Waals surface area contributed by atoms with Crippen LogP contribution in [-0.4, -0.2) is 22.8 Å². The van der Waals surface area contributed by atoms with E-state index in [1.54, 1.807) is 18.3 Å². The van der Waals surface area contributed by atoms with Crippen molar-refractivity contribution >= 4 is 22.7 Å². The topological polar surface area (TPSA) is 85.1 Å². The highest BCUT2D eigenvalue weighted by Gasteiger charge is 2.23. The van der Waals surface area contributed by atoms with Gasteiger partial charge < -0.3 is 11.1 Å². The highest BCUT2D eigenvalue weighted by atomic mass is 16.2. The van der Waals surface area contributed by atoms with Crippen LogP contribution in [-0.2, 0) is 4.79 Å². The fourth-order valence-electron chi connectivity index (χ4n) is 2.07. The summed E-state index contributed by atoms with van der Waals surface area (Å²) in [4.78, 5) is 27.9. The molecule has 5 nitrogen and oxygen atoms in total. The van der Waals surface area contributed by atoms with E-state index in [0.717, 1.165) is 5.39 Å². The van der Waals surface area contributed by atoms with Crippen LogP contribution in [0, 0.1) is 5.92 Å². The number of nitrogens with one attached hydrogen (secondary N) is 1. The van der Waals surface area contributed by atoms with Crippen molar-refractivity contribution in [2.75, 3.05) is 0 Å². The Morgan fingerprint density at radius 1 is 1.20 bits per heavy atom. The minimum absolute atomic E-state index is 0.0700. The molecule has 2 aromatic rings. The third-order valence-electron chi connectivity index (χ3n) is 3.14. The van der Waals surface area contributed by atoms with Gasteiger partial charge in [0, 0.05) is 11.6 Å². The number of aromatic nitrogens is 1. The van der Waals surface area contributed by atoms with Gasteiger partial charge >= 0.3 is 0 Å². The summed E-state index contributed by atoms with van der Waals surface area (Å²) in [6.45, 7) is 3.66. The molecule has 1 atom stereocenters. The minimum Gasteiger partial charge on any atom is -0.368 e. The van der Waals surface area contributed by atoms with Gasteiger partial charge in [-0.1, -0.05) is 32.0 Å². The number of carbonyl (C=O) groups excluding carboxylic acids is 2. The van der Waals surface area contributed by atoms with Crippen molar-refractivity contribution in [1.82, 2.24) is 10.3 Å². The summed E-state index contributed by atoms with van der Waals surface area (Å²) in [5, 5.41) is 3.55. The molecule has 5 heteroatoms. The Morgan fingerprint density at radius 3 is 2.55 bits per heavy atom. The largest absolute Gasteiger partial charge is 0.368 e. The number of hydrogen-bond donors (Lipinski definition) is 2. The zero-order chi connectivity index (χ0) is 14.7. The van der Waals surface area contributed by atoms with E-state index in [1.165, 1.54) is 0 Å². The number of nitrogens with zero attached hydrogens (tertiary/aromatic N) is 1. The van der Waals surface area contributed by atoms with Crippen LogP contribution in [0.5, 0.6) is 0 Å². The second-order valence-corrected chi connectivity index (χ2v) is 4.98. The van der Waals surface area contributed by atoms with Gasteiger partial charge in [-0.2, -0.15) is 0 Å². The molecule has 1 aromatic heterocycles. The zero-order valence-electron chi connectivity index (χ0n) is 11.5. The first-order valence-corrected chi connectivity index (χ1v) is 6.44. The van der Waals surface area contributed by atoms with Gasteiger partial charge in [0.15, 0.2) is 0 Å². The number of fused-ring (bicyclic) bond motifs is 1. The molecule has 104 valence electrons. The maximum atomic E-state index is 12.3. The smallest absolute Gasteiger partial charge is 0.254 e. The summed E-state index contributed by atoms with van der Waals surface area (Å²) in [5.74, 6) is -0.951. The Labute approximate surface area is 117 Å². The third-order valence-corrected chi connectivity index (χ3v) is 3.14. The van der Waals surface area contributed by atoms with Crippen LogP contribution in [0.25, 0.3) is 10.9 Å². The molecule has 0 aliphatic rings. The maximum Gasteiger partial charge on any atom is 0.254 e. The molecule has 0 fully saturated rings. The van der Waals surface area contributed by atoms with Gasteiger partial charge in [0.05, 0.1) is 11.1 Å². The van der Waals surface area contributed by atoms with Crippen LogP contribution in [0.3, 0.4) is 0 Å². The Hall–Kier alpha value is -2.43. The number of primary amides is 1. The SMILES string of the molecule is CC(C)[C@@H](NC(=O)c1cccc2cccnc12)C(N)=O. The number of amides is 2. The zero-order valence-corrected chi connectivity index (χ0v) is 11.5. The Bertz CT molecular complexity index is 647. The lowest BCUT2D eigenvalue weighted by atomic mass is 10.0. The second-order valence-electron chi connectivity index (χ2n) is 4.98. The van der Waals surface area contributed by atoms with Gasteiger partial charge in [-0.05, 0) is 18.1 Å². The van der Waals surface area contributed by atoms with Gasteiger partial charge in [0.25, 0.3) is 5.91 Å². The normalized spacial score (nSPS) is 12.3. The number of para-hydroxylation sites is 1. The van der Waals surface area contributed by atoms with Crippen molar-refractivity contribution in [3.8, 4) is 0 Å². The van der Waals surface area contributed by atoms with Crippen molar-refractivity contribution in [3.63, 3.8) is 0 Å². The lowest BCUT2D eigenvalue weighted by Crippen LogP contribution is -2.47. The first-order chi connectivity index (χ1) is 9.50. The van der Waals surface area contributed by atoms with Crippen LogP contribution in [0.2, 0.25) is 0 Å². The molecule has 2 rings (SSSR count). The van der Waals surface area contributed by atoms with Gasteiger partial charge in [-0.15, -0.1) is 0 Å². The summed E-state index contributed by atoms with van der Waals surface area (Å²) < 4.78 is 0. The minimum atomic E-state index is -0.693. The molecule has 20 heavy (non-hydrogen) atoms. The van der Waals surface area contributed by atoms with E-state index >= 15 is 0 Å². The van der Waals surface area contributed by atoms with Crippen LogP contribution >= 0.6 is 0 Å². The van der Waals surface area contributed by atoms with Crippen LogP contribution in [0.15, 0.2) is 36.5 Å². The van der Waals surface area contributed by atoms with Crippen molar-refractivity contribution in [2.24, 2.45) is 11.7 Å². The van der Waals surface area contributed by atoms with Crippen LogP contribution in [0.4, 0.5) is 0 Å². The second kappa shape index (κ2) is 5.69.